The van der Waals surface area contributed by atoms with Crippen molar-refractivity contribution >= 4 is 72.0 Å². The molecule has 11 rings (SSSR count). The molecule has 0 unspecified atom stereocenters. The Bertz CT molecular complexity index is 4030. The average molecular weight is 1090 g/mol. The first-order valence-electron chi connectivity index (χ1n) is 29.7. The Balaban J connectivity index is 1.28. The van der Waals surface area contributed by atoms with Gasteiger partial charge in [-0.25, -0.2) is 0 Å². The molecule has 4 N–H and O–H groups in total. The van der Waals surface area contributed by atoms with Crippen LogP contribution in [0.1, 0.15) is 175 Å². The predicted octanol–water partition coefficient (Wildman–Crippen LogP) is 20.7. The number of anilines is 3. The molecule has 1 aliphatic rings. The highest BCUT2D eigenvalue weighted by atomic mass is 16.5. The van der Waals surface area contributed by atoms with Gasteiger partial charge in [0, 0.05) is 32.7 Å². The van der Waals surface area contributed by atoms with E-state index in [1.165, 1.54) is 24.0 Å². The van der Waals surface area contributed by atoms with Crippen LogP contribution in [0.4, 0.5) is 17.1 Å². The van der Waals surface area contributed by atoms with E-state index in [1.54, 1.807) is 6.07 Å². The second kappa shape index (κ2) is 22.2. The molecule has 0 bridgehead atoms. The van der Waals surface area contributed by atoms with E-state index in [-0.39, 0.29) is 33.8 Å². The molecule has 8 heteroatoms. The Morgan fingerprint density at radius 3 is 1.63 bits per heavy atom. The molecule has 0 saturated carbocycles. The minimum Gasteiger partial charge on any atom is -0.457 e. The van der Waals surface area contributed by atoms with Gasteiger partial charge in [0.2, 0.25) is 11.8 Å². The SMILES string of the molecule is CCCCCC(C)(C)c1ccc(Oc2cc(C(N)=O)c3c(C(N)=O)c(-c4cccc5c4N(c4c(C(C)C)cccc4C(C)C)c4ccccc4O5)c(Oc4ccc(C(C)(C)CCCCC)cc4)c4c5cccc6cccc(c2c34)c65)cc1. The van der Waals surface area contributed by atoms with Gasteiger partial charge in [0.1, 0.15) is 23.0 Å². The second-order valence-corrected chi connectivity index (χ2v) is 24.5. The molecule has 0 spiro atoms. The molecule has 0 radical (unpaired) electrons. The van der Waals surface area contributed by atoms with E-state index in [2.05, 4.69) is 147 Å². The zero-order valence-corrected chi connectivity index (χ0v) is 49.4. The number of hydrogen-bond donors (Lipinski definition) is 2. The van der Waals surface area contributed by atoms with Crippen molar-refractivity contribution in [3.63, 3.8) is 0 Å². The van der Waals surface area contributed by atoms with E-state index in [9.17, 15) is 4.79 Å². The largest absolute Gasteiger partial charge is 0.457 e. The fraction of sp³-hybridized carbons (Fsp3) is 0.297. The number of primary amides is 2. The number of benzene rings is 10. The lowest BCUT2D eigenvalue weighted by Gasteiger charge is -2.38. The molecule has 8 nitrogen and oxygen atoms in total. The smallest absolute Gasteiger partial charge is 0.250 e. The fourth-order valence-electron chi connectivity index (χ4n) is 12.9. The van der Waals surface area contributed by atoms with Gasteiger partial charge in [-0.05, 0) is 128 Å². The van der Waals surface area contributed by atoms with E-state index in [0.717, 1.165) is 82.6 Å². The number of amides is 2. The average Bonchev–Trinajstić information content (AvgIpc) is 0.777. The third-order valence-electron chi connectivity index (χ3n) is 17.4. The molecular formula is C74H77N3O5. The van der Waals surface area contributed by atoms with E-state index in [1.807, 2.05) is 72.8 Å². The van der Waals surface area contributed by atoms with Crippen molar-refractivity contribution in [1.29, 1.82) is 0 Å². The summed E-state index contributed by atoms with van der Waals surface area (Å²) < 4.78 is 21.7. The number of para-hydroxylation sites is 4. The van der Waals surface area contributed by atoms with Crippen LogP contribution in [0.2, 0.25) is 0 Å². The first-order chi connectivity index (χ1) is 39.4. The Morgan fingerprint density at radius 1 is 0.537 bits per heavy atom. The molecule has 418 valence electrons. The summed E-state index contributed by atoms with van der Waals surface area (Å²) in [5, 5.41) is 5.92. The molecule has 0 saturated heterocycles. The lowest BCUT2D eigenvalue weighted by molar-refractivity contribution is 0.0998. The number of fused-ring (bicyclic) bond motifs is 4. The normalized spacial score (nSPS) is 12.7. The van der Waals surface area contributed by atoms with Gasteiger partial charge in [0.05, 0.1) is 28.2 Å². The van der Waals surface area contributed by atoms with Gasteiger partial charge in [-0.2, -0.15) is 0 Å². The summed E-state index contributed by atoms with van der Waals surface area (Å²) in [6.07, 6.45) is 9.05. The van der Waals surface area contributed by atoms with Crippen molar-refractivity contribution in [2.45, 2.75) is 143 Å². The Morgan fingerprint density at radius 2 is 1.07 bits per heavy atom. The van der Waals surface area contributed by atoms with Gasteiger partial charge in [-0.3, -0.25) is 9.59 Å². The van der Waals surface area contributed by atoms with Gasteiger partial charge in [-0.15, -0.1) is 0 Å². The highest BCUT2D eigenvalue weighted by molar-refractivity contribution is 6.40. The van der Waals surface area contributed by atoms with Crippen LogP contribution in [-0.4, -0.2) is 11.8 Å². The van der Waals surface area contributed by atoms with Crippen LogP contribution >= 0.6 is 0 Å². The Labute approximate surface area is 483 Å². The van der Waals surface area contributed by atoms with Gasteiger partial charge >= 0.3 is 0 Å². The first kappa shape index (κ1) is 55.5. The van der Waals surface area contributed by atoms with Gasteiger partial charge in [0.25, 0.3) is 0 Å². The molecule has 0 aromatic heterocycles. The molecule has 0 aliphatic carbocycles. The van der Waals surface area contributed by atoms with Gasteiger partial charge in [-0.1, -0.05) is 211 Å². The summed E-state index contributed by atoms with van der Waals surface area (Å²) in [4.78, 5) is 32.2. The minimum atomic E-state index is -0.765. The molecule has 82 heavy (non-hydrogen) atoms. The van der Waals surface area contributed by atoms with Crippen molar-refractivity contribution < 1.29 is 23.8 Å². The van der Waals surface area contributed by atoms with Gasteiger partial charge < -0.3 is 30.6 Å². The van der Waals surface area contributed by atoms with Crippen molar-refractivity contribution in [2.75, 3.05) is 4.90 Å². The van der Waals surface area contributed by atoms with Crippen LogP contribution in [0, 0.1) is 0 Å². The van der Waals surface area contributed by atoms with E-state index in [0.29, 0.717) is 72.9 Å². The number of carbonyl (C=O) groups is 2. The van der Waals surface area contributed by atoms with Crippen molar-refractivity contribution in [1.82, 2.24) is 0 Å². The molecule has 0 fully saturated rings. The van der Waals surface area contributed by atoms with Crippen LogP contribution in [0.5, 0.6) is 34.5 Å². The summed E-state index contributed by atoms with van der Waals surface area (Å²) >= 11 is 0. The van der Waals surface area contributed by atoms with Gasteiger partial charge in [0.15, 0.2) is 11.5 Å². The minimum absolute atomic E-state index is 0.0421. The zero-order chi connectivity index (χ0) is 57.8. The van der Waals surface area contributed by atoms with Crippen LogP contribution in [-0.2, 0) is 10.8 Å². The van der Waals surface area contributed by atoms with Crippen molar-refractivity contribution in [3.8, 4) is 45.6 Å². The number of nitrogens with zero attached hydrogens (tertiary/aromatic N) is 1. The second-order valence-electron chi connectivity index (χ2n) is 24.5. The highest BCUT2D eigenvalue weighted by Gasteiger charge is 2.38. The quantitative estimate of drug-likeness (QED) is 0.0446. The number of rotatable bonds is 20. The third kappa shape index (κ3) is 9.84. The van der Waals surface area contributed by atoms with Crippen LogP contribution in [0.25, 0.3) is 54.2 Å². The lowest BCUT2D eigenvalue weighted by Crippen LogP contribution is -2.22. The standard InChI is InChI=1S/C74H77N3O5/c1-11-13-17-41-73(7,8)47-33-37-49(38-34-47)80-60-43-56(71(75)78)63-66-62(60)53-27-19-23-46-24-20-28-54(61(46)53)64(66)70(81-50-39-35-48(36-40-50)74(9,10)42-18-14-12-2)65(67(63)72(76)79)55-29-22-32-59-69(55)77(57-30-15-16-31-58(57)82-59)68-51(44(3)4)25-21-26-52(68)45(5)6/h15-16,19-40,43-45H,11-14,17-18,41-42H2,1-10H3,(H2,75,78)(H2,76,79). The summed E-state index contributed by atoms with van der Waals surface area (Å²) in [7, 11) is 0. The van der Waals surface area contributed by atoms with Crippen molar-refractivity contribution in [3.05, 3.63) is 185 Å². The first-order valence-corrected chi connectivity index (χ1v) is 29.7. The summed E-state index contributed by atoms with van der Waals surface area (Å²) in [5.41, 5.74) is 21.9. The summed E-state index contributed by atoms with van der Waals surface area (Å²) in [5.74, 6) is 1.92. The number of carbonyl (C=O) groups excluding carboxylic acids is 2. The fourth-order valence-corrected chi connectivity index (χ4v) is 12.9. The molecule has 1 aliphatic heterocycles. The van der Waals surface area contributed by atoms with Crippen molar-refractivity contribution in [2.24, 2.45) is 11.5 Å². The highest BCUT2D eigenvalue weighted by Crippen LogP contribution is 2.61. The van der Waals surface area contributed by atoms with Crippen LogP contribution in [0.15, 0.2) is 152 Å². The zero-order valence-electron chi connectivity index (χ0n) is 49.4. The maximum atomic E-state index is 15.3. The molecule has 2 amide bonds. The Kier molecular flexibility index (Phi) is 15.0. The van der Waals surface area contributed by atoms with Crippen LogP contribution < -0.4 is 30.6 Å². The predicted molar refractivity (Wildman–Crippen MR) is 340 cm³/mol. The molecule has 10 aromatic carbocycles. The number of hydrogen-bond acceptors (Lipinski definition) is 6. The lowest BCUT2D eigenvalue weighted by atomic mass is 9.80. The number of unbranched alkanes of at least 4 members (excludes halogenated alkanes) is 4. The van der Waals surface area contributed by atoms with Crippen LogP contribution in [0.3, 0.4) is 0 Å². The maximum Gasteiger partial charge on any atom is 0.250 e. The topological polar surface area (TPSA) is 117 Å². The van der Waals surface area contributed by atoms with E-state index in [4.69, 9.17) is 25.7 Å². The molecule has 10 aromatic rings. The monoisotopic (exact) mass is 1090 g/mol. The number of ether oxygens (including phenoxy) is 3. The molecule has 1 heterocycles. The summed E-state index contributed by atoms with van der Waals surface area (Å²) in [6.45, 7) is 22.5. The number of nitrogens with two attached hydrogens (primary N) is 2. The van der Waals surface area contributed by atoms with E-state index < -0.39 is 11.8 Å². The molecule has 0 atom stereocenters. The maximum absolute atomic E-state index is 15.3. The Hall–Kier alpha value is -8.36. The molecular weight excluding hydrogens is 1010 g/mol. The summed E-state index contributed by atoms with van der Waals surface area (Å²) in [6, 6.07) is 51.4. The van der Waals surface area contributed by atoms with E-state index >= 15 is 4.79 Å². The third-order valence-corrected chi connectivity index (χ3v) is 17.4.